The number of rotatable bonds is 4. The van der Waals surface area contributed by atoms with Crippen LogP contribution in [0.3, 0.4) is 0 Å². The van der Waals surface area contributed by atoms with Crippen LogP contribution in [0.4, 0.5) is 4.39 Å². The highest BCUT2D eigenvalue weighted by molar-refractivity contribution is 5.74. The van der Waals surface area contributed by atoms with E-state index in [0.29, 0.717) is 0 Å². The van der Waals surface area contributed by atoms with Gasteiger partial charge in [-0.3, -0.25) is 0 Å². The van der Waals surface area contributed by atoms with Crippen LogP contribution in [0.1, 0.15) is 5.56 Å². The van der Waals surface area contributed by atoms with Crippen LogP contribution in [-0.4, -0.2) is 23.9 Å². The summed E-state index contributed by atoms with van der Waals surface area (Å²) in [6.07, 6.45) is -1.95. The summed E-state index contributed by atoms with van der Waals surface area (Å²) in [4.78, 5) is 10.8. The smallest absolute Gasteiger partial charge is 0.343 e. The summed E-state index contributed by atoms with van der Waals surface area (Å²) < 4.78 is 17.1. The van der Waals surface area contributed by atoms with Gasteiger partial charge in [0.2, 0.25) is 6.17 Å². The fraction of sp³-hybridized carbons (Fsp3) is 0.300. The number of benzene rings is 1. The molecule has 76 valence electrons. The number of esters is 1. The van der Waals surface area contributed by atoms with Gasteiger partial charge < -0.3 is 9.84 Å². The Morgan fingerprint density at radius 3 is 2.64 bits per heavy atom. The maximum Gasteiger partial charge on any atom is 0.343 e. The Bertz CT molecular complexity index is 287. The van der Waals surface area contributed by atoms with Crippen LogP contribution in [0.2, 0.25) is 0 Å². The number of carbonyl (C=O) groups excluding carboxylic acids is 1. The van der Waals surface area contributed by atoms with E-state index in [-0.39, 0.29) is 6.61 Å². The second-order valence-electron chi connectivity index (χ2n) is 2.74. The van der Waals surface area contributed by atoms with Gasteiger partial charge in [0.25, 0.3) is 0 Å². The van der Waals surface area contributed by atoms with Crippen LogP contribution in [0.5, 0.6) is 0 Å². The van der Waals surface area contributed by atoms with Gasteiger partial charge in [-0.25, -0.2) is 9.18 Å². The highest BCUT2D eigenvalue weighted by Crippen LogP contribution is 2.02. The lowest BCUT2D eigenvalue weighted by atomic mass is 10.2. The molecule has 3 nitrogen and oxygen atoms in total. The fourth-order valence-corrected chi connectivity index (χ4v) is 0.894. The van der Waals surface area contributed by atoms with E-state index in [1.807, 2.05) is 6.07 Å². The molecule has 1 aromatic carbocycles. The molecule has 0 saturated heterocycles. The topological polar surface area (TPSA) is 46.5 Å². The predicted molar refractivity (Wildman–Crippen MR) is 48.2 cm³/mol. The van der Waals surface area contributed by atoms with Gasteiger partial charge in [-0.15, -0.1) is 0 Å². The first-order valence-electron chi connectivity index (χ1n) is 4.19. The summed E-state index contributed by atoms with van der Waals surface area (Å²) in [5.74, 6) is -1.03. The number of hydrogen-bond donors (Lipinski definition) is 1. The van der Waals surface area contributed by atoms with Crippen molar-refractivity contribution in [1.82, 2.24) is 0 Å². The zero-order chi connectivity index (χ0) is 10.4. The largest absolute Gasteiger partial charge is 0.459 e. The minimum absolute atomic E-state index is 0.0279. The highest BCUT2D eigenvalue weighted by Gasteiger charge is 2.17. The number of aliphatic hydroxyl groups is 1. The fourth-order valence-electron chi connectivity index (χ4n) is 0.894. The van der Waals surface area contributed by atoms with E-state index in [1.165, 1.54) is 0 Å². The maximum absolute atomic E-state index is 12.5. The lowest BCUT2D eigenvalue weighted by molar-refractivity contribution is -0.152. The molecular formula is C10H11FO3. The zero-order valence-electron chi connectivity index (χ0n) is 7.52. The number of ether oxygens (including phenoxy) is 1. The van der Waals surface area contributed by atoms with Crippen molar-refractivity contribution in [3.63, 3.8) is 0 Å². The first-order valence-corrected chi connectivity index (χ1v) is 4.19. The second-order valence-corrected chi connectivity index (χ2v) is 2.74. The third kappa shape index (κ3) is 3.14. The molecule has 0 amide bonds. The lowest BCUT2D eigenvalue weighted by Gasteiger charge is -2.06. The SMILES string of the molecule is O=C(OCc1ccccc1)C(F)CO. The Morgan fingerprint density at radius 2 is 2.07 bits per heavy atom. The van der Waals surface area contributed by atoms with Crippen LogP contribution < -0.4 is 0 Å². The van der Waals surface area contributed by atoms with E-state index < -0.39 is 18.7 Å². The summed E-state index contributed by atoms with van der Waals surface area (Å²) >= 11 is 0. The lowest BCUT2D eigenvalue weighted by Crippen LogP contribution is -2.22. The first kappa shape index (κ1) is 10.7. The molecule has 1 unspecified atom stereocenters. The van der Waals surface area contributed by atoms with Crippen molar-refractivity contribution in [2.24, 2.45) is 0 Å². The number of halogens is 1. The van der Waals surface area contributed by atoms with Crippen molar-refractivity contribution >= 4 is 5.97 Å². The molecule has 1 aromatic rings. The second kappa shape index (κ2) is 5.34. The summed E-state index contributed by atoms with van der Waals surface area (Å²) in [6, 6.07) is 8.94. The Balaban J connectivity index is 2.38. The number of carbonyl (C=O) groups is 1. The van der Waals surface area contributed by atoms with Gasteiger partial charge in [0.1, 0.15) is 6.61 Å². The van der Waals surface area contributed by atoms with Crippen LogP contribution >= 0.6 is 0 Å². The van der Waals surface area contributed by atoms with Crippen LogP contribution in [-0.2, 0) is 16.1 Å². The monoisotopic (exact) mass is 198 g/mol. The third-order valence-electron chi connectivity index (χ3n) is 1.64. The van der Waals surface area contributed by atoms with E-state index in [2.05, 4.69) is 4.74 Å². The summed E-state index contributed by atoms with van der Waals surface area (Å²) in [6.45, 7) is -0.812. The molecule has 0 aliphatic carbocycles. The van der Waals surface area contributed by atoms with Gasteiger partial charge in [0, 0.05) is 0 Å². The minimum atomic E-state index is -1.95. The van der Waals surface area contributed by atoms with E-state index in [0.717, 1.165) is 5.56 Å². The van der Waals surface area contributed by atoms with Crippen LogP contribution in [0, 0.1) is 0 Å². The van der Waals surface area contributed by atoms with Gasteiger partial charge in [-0.1, -0.05) is 30.3 Å². The maximum atomic E-state index is 12.5. The third-order valence-corrected chi connectivity index (χ3v) is 1.64. The van der Waals surface area contributed by atoms with Crippen molar-refractivity contribution in [3.05, 3.63) is 35.9 Å². The Morgan fingerprint density at radius 1 is 1.43 bits per heavy atom. The Hall–Kier alpha value is -1.42. The van der Waals surface area contributed by atoms with Gasteiger partial charge in [-0.05, 0) is 5.56 Å². The molecule has 1 atom stereocenters. The quantitative estimate of drug-likeness (QED) is 0.736. The number of alkyl halides is 1. The molecular weight excluding hydrogens is 187 g/mol. The number of hydrogen-bond acceptors (Lipinski definition) is 3. The van der Waals surface area contributed by atoms with E-state index in [9.17, 15) is 9.18 Å². The zero-order valence-corrected chi connectivity index (χ0v) is 7.52. The van der Waals surface area contributed by atoms with Crippen LogP contribution in [0.25, 0.3) is 0 Å². The standard InChI is InChI=1S/C10H11FO3/c11-9(6-12)10(13)14-7-8-4-2-1-3-5-8/h1-5,9,12H,6-7H2. The van der Waals surface area contributed by atoms with E-state index in [1.54, 1.807) is 24.3 Å². The molecule has 1 N–H and O–H groups in total. The molecule has 0 aliphatic heterocycles. The Labute approximate surface area is 81.1 Å². The molecule has 0 spiro atoms. The minimum Gasteiger partial charge on any atom is -0.459 e. The average molecular weight is 198 g/mol. The highest BCUT2D eigenvalue weighted by atomic mass is 19.1. The molecule has 14 heavy (non-hydrogen) atoms. The van der Waals surface area contributed by atoms with E-state index >= 15 is 0 Å². The normalized spacial score (nSPS) is 12.1. The average Bonchev–Trinajstić information content (AvgIpc) is 2.26. The van der Waals surface area contributed by atoms with Gasteiger partial charge in [0.15, 0.2) is 0 Å². The van der Waals surface area contributed by atoms with Gasteiger partial charge >= 0.3 is 5.97 Å². The molecule has 1 rings (SSSR count). The molecule has 0 aliphatic rings. The molecule has 0 fully saturated rings. The number of aliphatic hydroxyl groups excluding tert-OH is 1. The molecule has 0 saturated carbocycles. The summed E-state index contributed by atoms with van der Waals surface area (Å²) in [5, 5.41) is 8.33. The van der Waals surface area contributed by atoms with Gasteiger partial charge in [-0.2, -0.15) is 0 Å². The van der Waals surface area contributed by atoms with Crippen LogP contribution in [0.15, 0.2) is 30.3 Å². The summed E-state index contributed by atoms with van der Waals surface area (Å²) in [5.41, 5.74) is 0.783. The Kier molecular flexibility index (Phi) is 4.07. The van der Waals surface area contributed by atoms with Crippen molar-refractivity contribution in [2.45, 2.75) is 12.8 Å². The molecule has 0 heterocycles. The van der Waals surface area contributed by atoms with Crippen molar-refractivity contribution in [3.8, 4) is 0 Å². The predicted octanol–water partition coefficient (Wildman–Crippen LogP) is 1.06. The molecule has 0 bridgehead atoms. The molecule has 0 aromatic heterocycles. The van der Waals surface area contributed by atoms with E-state index in [4.69, 9.17) is 5.11 Å². The molecule has 0 radical (unpaired) electrons. The van der Waals surface area contributed by atoms with Crippen molar-refractivity contribution < 1.29 is 19.0 Å². The first-order chi connectivity index (χ1) is 6.74. The van der Waals surface area contributed by atoms with Crippen molar-refractivity contribution in [2.75, 3.05) is 6.61 Å². The van der Waals surface area contributed by atoms with Gasteiger partial charge in [0.05, 0.1) is 6.61 Å². The summed E-state index contributed by atoms with van der Waals surface area (Å²) in [7, 11) is 0. The van der Waals surface area contributed by atoms with Crippen molar-refractivity contribution in [1.29, 1.82) is 0 Å². The molecule has 4 heteroatoms.